The number of rotatable bonds is 2. The lowest BCUT2D eigenvalue weighted by Gasteiger charge is -2.10. The minimum Gasteiger partial charge on any atom is -0.320 e. The SMILES string of the molecule is NC(c1cc2c(s1)CCCCC2)c1ccncc1F. The lowest BCUT2D eigenvalue weighted by atomic mass is 10.1. The molecule has 4 heteroatoms. The number of nitrogens with two attached hydrogens (primary N) is 1. The maximum absolute atomic E-state index is 13.7. The molecule has 2 heterocycles. The predicted octanol–water partition coefficient (Wildman–Crippen LogP) is 3.60. The summed E-state index contributed by atoms with van der Waals surface area (Å²) in [6, 6.07) is 3.47. The summed E-state index contributed by atoms with van der Waals surface area (Å²) in [7, 11) is 0. The van der Waals surface area contributed by atoms with E-state index in [-0.39, 0.29) is 11.9 Å². The van der Waals surface area contributed by atoms with Crippen LogP contribution in [0.15, 0.2) is 24.5 Å². The molecule has 2 N–H and O–H groups in total. The summed E-state index contributed by atoms with van der Waals surface area (Å²) in [4.78, 5) is 6.28. The molecule has 3 rings (SSSR count). The van der Waals surface area contributed by atoms with Crippen LogP contribution in [-0.4, -0.2) is 4.98 Å². The molecule has 1 unspecified atom stereocenters. The third kappa shape index (κ3) is 2.55. The van der Waals surface area contributed by atoms with Gasteiger partial charge in [-0.1, -0.05) is 6.42 Å². The van der Waals surface area contributed by atoms with Gasteiger partial charge in [-0.15, -0.1) is 11.3 Å². The van der Waals surface area contributed by atoms with Crippen LogP contribution in [0.3, 0.4) is 0 Å². The number of aromatic nitrogens is 1. The standard InChI is InChI=1S/C15H17FN2S/c16-12-9-18-7-6-11(12)15(17)14-8-10-4-2-1-3-5-13(10)19-14/h6-9,15H,1-5,17H2. The van der Waals surface area contributed by atoms with Crippen molar-refractivity contribution in [1.29, 1.82) is 0 Å². The number of aryl methyl sites for hydroxylation is 2. The van der Waals surface area contributed by atoms with Gasteiger partial charge < -0.3 is 5.73 Å². The van der Waals surface area contributed by atoms with Gasteiger partial charge in [0.05, 0.1) is 12.2 Å². The lowest BCUT2D eigenvalue weighted by Crippen LogP contribution is -2.12. The molecule has 1 aliphatic rings. The summed E-state index contributed by atoms with van der Waals surface area (Å²) in [6.45, 7) is 0. The number of hydrogen-bond donors (Lipinski definition) is 1. The number of hydrogen-bond acceptors (Lipinski definition) is 3. The van der Waals surface area contributed by atoms with Crippen LogP contribution in [0.1, 0.15) is 46.2 Å². The van der Waals surface area contributed by atoms with Gasteiger partial charge in [-0.2, -0.15) is 0 Å². The second-order valence-corrected chi connectivity index (χ2v) is 6.20. The second kappa shape index (κ2) is 5.39. The number of pyridine rings is 1. The fourth-order valence-electron chi connectivity index (χ4n) is 2.64. The maximum atomic E-state index is 13.7. The topological polar surface area (TPSA) is 38.9 Å². The van der Waals surface area contributed by atoms with Crippen molar-refractivity contribution < 1.29 is 4.39 Å². The van der Waals surface area contributed by atoms with Crippen LogP contribution in [0.2, 0.25) is 0 Å². The van der Waals surface area contributed by atoms with Crippen LogP contribution < -0.4 is 5.73 Å². The summed E-state index contributed by atoms with van der Waals surface area (Å²) < 4.78 is 13.7. The lowest BCUT2D eigenvalue weighted by molar-refractivity contribution is 0.594. The van der Waals surface area contributed by atoms with Gasteiger partial charge in [0, 0.05) is 21.5 Å². The van der Waals surface area contributed by atoms with Gasteiger partial charge in [-0.25, -0.2) is 4.39 Å². The van der Waals surface area contributed by atoms with Gasteiger partial charge in [0.1, 0.15) is 5.82 Å². The highest BCUT2D eigenvalue weighted by atomic mass is 32.1. The third-order valence-corrected chi connectivity index (χ3v) is 5.03. The molecule has 0 aliphatic heterocycles. The Bertz CT molecular complexity index is 556. The number of halogens is 1. The molecule has 2 nitrogen and oxygen atoms in total. The van der Waals surface area contributed by atoms with Gasteiger partial charge >= 0.3 is 0 Å². The monoisotopic (exact) mass is 276 g/mol. The first-order valence-electron chi connectivity index (χ1n) is 6.72. The summed E-state index contributed by atoms with van der Waals surface area (Å²) in [5, 5.41) is 0. The van der Waals surface area contributed by atoms with E-state index in [4.69, 9.17) is 5.73 Å². The van der Waals surface area contributed by atoms with E-state index in [0.29, 0.717) is 5.56 Å². The van der Waals surface area contributed by atoms with Crippen LogP contribution >= 0.6 is 11.3 Å². The number of fused-ring (bicyclic) bond motifs is 1. The zero-order valence-corrected chi connectivity index (χ0v) is 11.5. The molecular formula is C15H17FN2S. The summed E-state index contributed by atoms with van der Waals surface area (Å²) >= 11 is 1.75. The van der Waals surface area contributed by atoms with E-state index < -0.39 is 0 Å². The fourth-order valence-corrected chi connectivity index (χ4v) is 3.91. The fraction of sp³-hybridized carbons (Fsp3) is 0.400. The van der Waals surface area contributed by atoms with Crippen LogP contribution in [0.4, 0.5) is 4.39 Å². The normalized spacial score (nSPS) is 16.7. The summed E-state index contributed by atoms with van der Waals surface area (Å²) in [5.41, 5.74) is 8.16. The van der Waals surface area contributed by atoms with Crippen LogP contribution in [0.25, 0.3) is 0 Å². The van der Waals surface area contributed by atoms with E-state index in [1.165, 1.54) is 35.9 Å². The molecule has 0 saturated carbocycles. The van der Waals surface area contributed by atoms with Crippen molar-refractivity contribution in [3.63, 3.8) is 0 Å². The van der Waals surface area contributed by atoms with Crippen molar-refractivity contribution in [1.82, 2.24) is 4.98 Å². The van der Waals surface area contributed by atoms with Gasteiger partial charge in [-0.05, 0) is 43.4 Å². The highest BCUT2D eigenvalue weighted by Crippen LogP contribution is 2.34. The molecule has 0 amide bonds. The summed E-state index contributed by atoms with van der Waals surface area (Å²) in [5.74, 6) is -0.321. The summed E-state index contributed by atoms with van der Waals surface area (Å²) in [6.07, 6.45) is 8.92. The Morgan fingerprint density at radius 1 is 1.26 bits per heavy atom. The minimum absolute atomic E-state index is 0.321. The second-order valence-electron chi connectivity index (χ2n) is 5.03. The largest absolute Gasteiger partial charge is 0.320 e. The molecule has 100 valence electrons. The van der Waals surface area contributed by atoms with E-state index in [1.807, 2.05) is 0 Å². The van der Waals surface area contributed by atoms with E-state index >= 15 is 0 Å². The molecule has 2 aromatic heterocycles. The van der Waals surface area contributed by atoms with Crippen LogP contribution in [-0.2, 0) is 12.8 Å². The van der Waals surface area contributed by atoms with Gasteiger partial charge in [0.25, 0.3) is 0 Å². The average Bonchev–Trinajstić information content (AvgIpc) is 2.70. The van der Waals surface area contributed by atoms with Gasteiger partial charge in [0.15, 0.2) is 0 Å². The van der Waals surface area contributed by atoms with E-state index in [0.717, 1.165) is 17.7 Å². The Labute approximate surface area is 116 Å². The number of thiophene rings is 1. The maximum Gasteiger partial charge on any atom is 0.146 e. The Balaban J connectivity index is 1.92. The molecule has 2 aromatic rings. The number of nitrogens with zero attached hydrogens (tertiary/aromatic N) is 1. The minimum atomic E-state index is -0.375. The Kier molecular flexibility index (Phi) is 3.62. The van der Waals surface area contributed by atoms with E-state index in [1.54, 1.807) is 23.6 Å². The Hall–Kier alpha value is -1.26. The molecule has 1 aliphatic carbocycles. The van der Waals surface area contributed by atoms with E-state index in [9.17, 15) is 4.39 Å². The molecule has 0 spiro atoms. The Morgan fingerprint density at radius 2 is 2.11 bits per heavy atom. The van der Waals surface area contributed by atoms with Crippen molar-refractivity contribution in [2.24, 2.45) is 5.73 Å². The van der Waals surface area contributed by atoms with Gasteiger partial charge in [0.2, 0.25) is 0 Å². The molecular weight excluding hydrogens is 259 g/mol. The molecule has 0 saturated heterocycles. The van der Waals surface area contributed by atoms with Crippen molar-refractivity contribution in [2.75, 3.05) is 0 Å². The zero-order valence-electron chi connectivity index (χ0n) is 10.7. The highest BCUT2D eigenvalue weighted by Gasteiger charge is 2.19. The molecule has 0 aromatic carbocycles. The molecule has 19 heavy (non-hydrogen) atoms. The van der Waals surface area contributed by atoms with Gasteiger partial charge in [-0.3, -0.25) is 4.98 Å². The first-order valence-corrected chi connectivity index (χ1v) is 7.54. The zero-order chi connectivity index (χ0) is 13.2. The van der Waals surface area contributed by atoms with Crippen molar-refractivity contribution in [2.45, 2.75) is 38.1 Å². The first kappa shape index (κ1) is 12.8. The van der Waals surface area contributed by atoms with Crippen molar-refractivity contribution in [3.05, 3.63) is 51.2 Å². The molecule has 1 atom stereocenters. The Morgan fingerprint density at radius 3 is 2.95 bits per heavy atom. The molecule has 0 radical (unpaired) electrons. The van der Waals surface area contributed by atoms with Crippen LogP contribution in [0.5, 0.6) is 0 Å². The molecule has 0 bridgehead atoms. The average molecular weight is 276 g/mol. The highest BCUT2D eigenvalue weighted by molar-refractivity contribution is 7.12. The van der Waals surface area contributed by atoms with Crippen molar-refractivity contribution in [3.8, 4) is 0 Å². The molecule has 0 fully saturated rings. The predicted molar refractivity (Wildman–Crippen MR) is 75.8 cm³/mol. The quantitative estimate of drug-likeness (QED) is 0.851. The van der Waals surface area contributed by atoms with Crippen LogP contribution in [0, 0.1) is 5.82 Å². The van der Waals surface area contributed by atoms with E-state index in [2.05, 4.69) is 11.1 Å². The van der Waals surface area contributed by atoms with Crippen molar-refractivity contribution >= 4 is 11.3 Å². The smallest absolute Gasteiger partial charge is 0.146 e. The third-order valence-electron chi connectivity index (χ3n) is 3.71. The first-order chi connectivity index (χ1) is 9.25.